The maximum absolute atomic E-state index is 12.7. The first-order valence-electron chi connectivity index (χ1n) is 7.47. The highest BCUT2D eigenvalue weighted by Gasteiger charge is 2.44. The van der Waals surface area contributed by atoms with E-state index in [0.717, 1.165) is 30.8 Å². The highest BCUT2D eigenvalue weighted by atomic mass is 32.2. The van der Waals surface area contributed by atoms with Gasteiger partial charge in [0.1, 0.15) is 4.21 Å². The molecule has 0 aromatic carbocycles. The Morgan fingerprint density at radius 3 is 2.75 bits per heavy atom. The van der Waals surface area contributed by atoms with E-state index < -0.39 is 10.0 Å². The van der Waals surface area contributed by atoms with Crippen LogP contribution in [0.5, 0.6) is 0 Å². The van der Waals surface area contributed by atoms with E-state index in [-0.39, 0.29) is 6.04 Å². The van der Waals surface area contributed by atoms with Gasteiger partial charge in [-0.15, -0.1) is 11.3 Å². The molecule has 6 heteroatoms. The van der Waals surface area contributed by atoms with Crippen molar-refractivity contribution < 1.29 is 8.42 Å². The molecule has 1 aromatic heterocycles. The van der Waals surface area contributed by atoms with E-state index >= 15 is 0 Å². The Morgan fingerprint density at radius 1 is 1.25 bits per heavy atom. The van der Waals surface area contributed by atoms with Crippen molar-refractivity contribution in [2.75, 3.05) is 6.54 Å². The maximum Gasteiger partial charge on any atom is 0.252 e. The Bertz CT molecular complexity index is 606. The lowest BCUT2D eigenvalue weighted by Crippen LogP contribution is -2.37. The highest BCUT2D eigenvalue weighted by Crippen LogP contribution is 2.41. The first-order chi connectivity index (χ1) is 9.63. The molecule has 1 aromatic rings. The van der Waals surface area contributed by atoms with E-state index in [2.05, 4.69) is 5.32 Å². The summed E-state index contributed by atoms with van der Waals surface area (Å²) in [5.74, 6) is 0.603. The van der Waals surface area contributed by atoms with Crippen molar-refractivity contribution in [1.29, 1.82) is 0 Å². The summed E-state index contributed by atoms with van der Waals surface area (Å²) in [6.07, 6.45) is 5.84. The largest absolute Gasteiger partial charge is 0.309 e. The van der Waals surface area contributed by atoms with Gasteiger partial charge < -0.3 is 5.32 Å². The Labute approximate surface area is 124 Å². The van der Waals surface area contributed by atoms with Crippen molar-refractivity contribution >= 4 is 21.4 Å². The average molecular weight is 312 g/mol. The van der Waals surface area contributed by atoms with Crippen LogP contribution in [0, 0.1) is 5.92 Å². The molecule has 1 saturated heterocycles. The molecule has 3 fully saturated rings. The highest BCUT2D eigenvalue weighted by molar-refractivity contribution is 7.91. The number of hydrogen-bond acceptors (Lipinski definition) is 4. The normalized spacial score (nSPS) is 30.2. The number of sulfonamides is 1. The summed E-state index contributed by atoms with van der Waals surface area (Å²) in [5, 5.41) is 3.44. The van der Waals surface area contributed by atoms with E-state index in [1.165, 1.54) is 30.6 Å². The SMILES string of the molecule is O=S(=O)(c1ccc(CNC2CC2)s1)N1CC2CCC1C2. The van der Waals surface area contributed by atoms with Crippen LogP contribution in [0.3, 0.4) is 0 Å². The molecule has 4 nitrogen and oxygen atoms in total. The first kappa shape index (κ1) is 13.2. The Balaban J connectivity index is 1.50. The van der Waals surface area contributed by atoms with Crippen LogP contribution in [-0.2, 0) is 16.6 Å². The molecule has 1 N–H and O–H groups in total. The van der Waals surface area contributed by atoms with Gasteiger partial charge in [-0.1, -0.05) is 0 Å². The second-order valence-electron chi connectivity index (χ2n) is 6.28. The summed E-state index contributed by atoms with van der Waals surface area (Å²) < 4.78 is 27.7. The molecule has 1 aliphatic heterocycles. The van der Waals surface area contributed by atoms with Crippen LogP contribution < -0.4 is 5.32 Å². The quantitative estimate of drug-likeness (QED) is 0.906. The second-order valence-corrected chi connectivity index (χ2v) is 9.57. The summed E-state index contributed by atoms with van der Waals surface area (Å²) in [5.41, 5.74) is 0. The minimum absolute atomic E-state index is 0.264. The lowest BCUT2D eigenvalue weighted by atomic mass is 10.1. The number of thiophene rings is 1. The third-order valence-electron chi connectivity index (χ3n) is 4.70. The van der Waals surface area contributed by atoms with Crippen molar-refractivity contribution in [2.24, 2.45) is 5.92 Å². The molecule has 20 heavy (non-hydrogen) atoms. The number of piperidine rings is 1. The number of hydrogen-bond donors (Lipinski definition) is 1. The maximum atomic E-state index is 12.7. The van der Waals surface area contributed by atoms with Gasteiger partial charge in [0.15, 0.2) is 0 Å². The fourth-order valence-electron chi connectivity index (χ4n) is 3.41. The zero-order valence-electron chi connectivity index (χ0n) is 11.4. The van der Waals surface area contributed by atoms with Crippen LogP contribution in [-0.4, -0.2) is 31.4 Å². The van der Waals surface area contributed by atoms with Crippen LogP contribution >= 0.6 is 11.3 Å². The van der Waals surface area contributed by atoms with Gasteiger partial charge in [0, 0.05) is 30.1 Å². The minimum Gasteiger partial charge on any atom is -0.309 e. The second kappa shape index (κ2) is 4.80. The van der Waals surface area contributed by atoms with Crippen molar-refractivity contribution in [3.05, 3.63) is 17.0 Å². The molecule has 0 amide bonds. The van der Waals surface area contributed by atoms with Crippen LogP contribution in [0.25, 0.3) is 0 Å². The molecule has 3 aliphatic rings. The smallest absolute Gasteiger partial charge is 0.252 e. The lowest BCUT2D eigenvalue weighted by molar-refractivity contribution is 0.334. The summed E-state index contributed by atoms with van der Waals surface area (Å²) in [4.78, 5) is 1.12. The van der Waals surface area contributed by atoms with E-state index in [1.807, 2.05) is 6.07 Å². The topological polar surface area (TPSA) is 49.4 Å². The predicted octanol–water partition coefficient (Wildman–Crippen LogP) is 2.17. The molecule has 2 aliphatic carbocycles. The van der Waals surface area contributed by atoms with Gasteiger partial charge in [0.05, 0.1) is 0 Å². The van der Waals surface area contributed by atoms with Crippen molar-refractivity contribution in [3.8, 4) is 0 Å². The number of nitrogens with zero attached hydrogens (tertiary/aromatic N) is 1. The zero-order chi connectivity index (χ0) is 13.7. The minimum atomic E-state index is -3.25. The third kappa shape index (κ3) is 2.32. The average Bonchev–Trinajstić information content (AvgIpc) is 2.87. The standard InChI is InChI=1S/C14H20N2O2S2/c17-20(18,16-9-10-1-4-12(16)7-10)14-6-5-13(19-14)8-15-11-2-3-11/h5-6,10-12,15H,1-4,7-9H2. The fourth-order valence-corrected chi connectivity index (χ4v) is 6.59. The zero-order valence-corrected chi connectivity index (χ0v) is 13.0. The molecule has 2 heterocycles. The Hall–Kier alpha value is -0.430. The van der Waals surface area contributed by atoms with Gasteiger partial charge in [-0.3, -0.25) is 0 Å². The number of fused-ring (bicyclic) bond motifs is 2. The fraction of sp³-hybridized carbons (Fsp3) is 0.714. The molecule has 2 saturated carbocycles. The molecule has 4 rings (SSSR count). The first-order valence-corrected chi connectivity index (χ1v) is 9.72. The van der Waals surface area contributed by atoms with E-state index in [9.17, 15) is 8.42 Å². The van der Waals surface area contributed by atoms with E-state index in [4.69, 9.17) is 0 Å². The Kier molecular flexibility index (Phi) is 3.18. The van der Waals surface area contributed by atoms with Gasteiger partial charge in [-0.05, 0) is 50.2 Å². The molecule has 0 radical (unpaired) electrons. The summed E-state index contributed by atoms with van der Waals surface area (Å²) in [6.45, 7) is 1.54. The molecule has 2 atom stereocenters. The molecule has 2 unspecified atom stereocenters. The van der Waals surface area contributed by atoms with Crippen LogP contribution in [0.15, 0.2) is 16.3 Å². The summed E-state index contributed by atoms with van der Waals surface area (Å²) >= 11 is 1.43. The van der Waals surface area contributed by atoms with Crippen LogP contribution in [0.2, 0.25) is 0 Å². The van der Waals surface area contributed by atoms with Gasteiger partial charge in [-0.2, -0.15) is 4.31 Å². The van der Waals surface area contributed by atoms with Crippen LogP contribution in [0.4, 0.5) is 0 Å². The predicted molar refractivity (Wildman–Crippen MR) is 79.2 cm³/mol. The molecular weight excluding hydrogens is 292 g/mol. The van der Waals surface area contributed by atoms with E-state index in [0.29, 0.717) is 16.2 Å². The summed E-state index contributed by atoms with van der Waals surface area (Å²) in [6, 6.07) is 4.67. The van der Waals surface area contributed by atoms with Gasteiger partial charge in [0.2, 0.25) is 0 Å². The molecule has 2 bridgehead atoms. The van der Waals surface area contributed by atoms with Crippen LogP contribution in [0.1, 0.15) is 37.0 Å². The lowest BCUT2D eigenvalue weighted by Gasteiger charge is -2.25. The molecule has 110 valence electrons. The number of nitrogens with one attached hydrogen (secondary N) is 1. The summed E-state index contributed by atoms with van der Waals surface area (Å²) in [7, 11) is -3.25. The van der Waals surface area contributed by atoms with E-state index in [1.54, 1.807) is 10.4 Å². The van der Waals surface area contributed by atoms with Gasteiger partial charge in [-0.25, -0.2) is 8.42 Å². The number of rotatable bonds is 5. The molecule has 0 spiro atoms. The molecular formula is C14H20N2O2S2. The van der Waals surface area contributed by atoms with Crippen molar-refractivity contribution in [3.63, 3.8) is 0 Å². The van der Waals surface area contributed by atoms with Gasteiger partial charge in [0.25, 0.3) is 10.0 Å². The monoisotopic (exact) mass is 312 g/mol. The third-order valence-corrected chi connectivity index (χ3v) is 8.17. The van der Waals surface area contributed by atoms with Crippen molar-refractivity contribution in [1.82, 2.24) is 9.62 Å². The Morgan fingerprint density at radius 2 is 2.10 bits per heavy atom. The van der Waals surface area contributed by atoms with Gasteiger partial charge >= 0.3 is 0 Å². The van der Waals surface area contributed by atoms with Crippen molar-refractivity contribution in [2.45, 2.75) is 54.9 Å².